The van der Waals surface area contributed by atoms with Gasteiger partial charge in [0.15, 0.2) is 5.78 Å². The van der Waals surface area contributed by atoms with Crippen LogP contribution in [0.15, 0.2) is 18.2 Å². The highest BCUT2D eigenvalue weighted by Gasteiger charge is 2.21. The number of para-hydroxylation sites is 1. The Labute approximate surface area is 80.1 Å². The number of rotatable bonds is 3. The van der Waals surface area contributed by atoms with E-state index in [9.17, 15) is 14.9 Å². The zero-order valence-corrected chi connectivity index (χ0v) is 7.56. The minimum absolute atomic E-state index is 0.0292. The molecule has 0 aromatic heterocycles. The van der Waals surface area contributed by atoms with E-state index in [1.807, 2.05) is 0 Å². The quantitative estimate of drug-likeness (QED) is 0.447. The summed E-state index contributed by atoms with van der Waals surface area (Å²) in [5.74, 6) is -0.382. The average molecular weight is 195 g/mol. The first-order chi connectivity index (χ1) is 6.57. The molecule has 0 heterocycles. The van der Waals surface area contributed by atoms with Crippen molar-refractivity contribution < 1.29 is 14.8 Å². The third-order valence-electron chi connectivity index (χ3n) is 1.85. The minimum atomic E-state index is -0.651. The van der Waals surface area contributed by atoms with E-state index in [0.717, 1.165) is 0 Å². The molecule has 0 radical (unpaired) electrons. The predicted molar refractivity (Wildman–Crippen MR) is 49.0 cm³/mol. The van der Waals surface area contributed by atoms with Gasteiger partial charge >= 0.3 is 0 Å². The van der Waals surface area contributed by atoms with Crippen LogP contribution in [0.2, 0.25) is 0 Å². The van der Waals surface area contributed by atoms with Gasteiger partial charge in [-0.2, -0.15) is 0 Å². The fourth-order valence-corrected chi connectivity index (χ4v) is 1.22. The lowest BCUT2D eigenvalue weighted by atomic mass is 10.1. The highest BCUT2D eigenvalue weighted by atomic mass is 16.6. The SMILES string of the molecule is CC(=O)c1cccc(CO)c1[N+](=O)[O-]. The van der Waals surface area contributed by atoms with Gasteiger partial charge in [0.1, 0.15) is 0 Å². The number of aliphatic hydroxyl groups excluding tert-OH is 1. The van der Waals surface area contributed by atoms with E-state index in [2.05, 4.69) is 0 Å². The van der Waals surface area contributed by atoms with Crippen LogP contribution < -0.4 is 0 Å². The van der Waals surface area contributed by atoms with Crippen molar-refractivity contribution in [2.24, 2.45) is 0 Å². The molecule has 1 rings (SSSR count). The maximum absolute atomic E-state index is 11.1. The van der Waals surface area contributed by atoms with Crippen LogP contribution in [0.4, 0.5) is 5.69 Å². The standard InChI is InChI=1S/C9H9NO4/c1-6(12)8-4-2-3-7(5-11)9(8)10(13)14/h2-4,11H,5H2,1H3. The number of carbonyl (C=O) groups is 1. The van der Waals surface area contributed by atoms with Crippen molar-refractivity contribution in [3.63, 3.8) is 0 Å². The summed E-state index contributed by atoms with van der Waals surface area (Å²) in [7, 11) is 0. The summed E-state index contributed by atoms with van der Waals surface area (Å²) in [6, 6.07) is 4.31. The van der Waals surface area contributed by atoms with E-state index in [-0.39, 0.29) is 22.6 Å². The van der Waals surface area contributed by atoms with Crippen LogP contribution in [0.3, 0.4) is 0 Å². The van der Waals surface area contributed by atoms with Crippen LogP contribution in [-0.2, 0) is 6.61 Å². The number of ketones is 1. The Hall–Kier alpha value is -1.75. The van der Waals surface area contributed by atoms with Crippen molar-refractivity contribution in [1.29, 1.82) is 0 Å². The van der Waals surface area contributed by atoms with E-state index in [1.54, 1.807) is 0 Å². The normalized spacial score (nSPS) is 9.86. The van der Waals surface area contributed by atoms with Crippen LogP contribution in [-0.4, -0.2) is 15.8 Å². The van der Waals surface area contributed by atoms with Crippen molar-refractivity contribution >= 4 is 11.5 Å². The lowest BCUT2D eigenvalue weighted by molar-refractivity contribution is -0.386. The van der Waals surface area contributed by atoms with Gasteiger partial charge in [0.05, 0.1) is 22.7 Å². The molecule has 0 amide bonds. The molecule has 0 saturated carbocycles. The summed E-state index contributed by atoms with van der Waals surface area (Å²) in [6.45, 7) is 0.806. The molecule has 1 aromatic carbocycles. The molecule has 1 N–H and O–H groups in total. The number of nitro benzene ring substituents is 1. The number of nitro groups is 1. The minimum Gasteiger partial charge on any atom is -0.391 e. The van der Waals surface area contributed by atoms with Gasteiger partial charge in [-0.15, -0.1) is 0 Å². The molecular formula is C9H9NO4. The number of hydrogen-bond acceptors (Lipinski definition) is 4. The number of Topliss-reactive ketones (excluding diaryl/α,β-unsaturated/α-hetero) is 1. The molecule has 14 heavy (non-hydrogen) atoms. The van der Waals surface area contributed by atoms with Crippen LogP contribution >= 0.6 is 0 Å². The number of carbonyl (C=O) groups excluding carboxylic acids is 1. The molecule has 1 aromatic rings. The van der Waals surface area contributed by atoms with Crippen LogP contribution in [0.5, 0.6) is 0 Å². The summed E-state index contributed by atoms with van der Waals surface area (Å²) in [4.78, 5) is 21.1. The summed E-state index contributed by atoms with van der Waals surface area (Å²) in [5, 5.41) is 19.5. The fraction of sp³-hybridized carbons (Fsp3) is 0.222. The molecule has 5 nitrogen and oxygen atoms in total. The first-order valence-electron chi connectivity index (χ1n) is 3.96. The summed E-state index contributed by atoms with van der Waals surface area (Å²) in [6.07, 6.45) is 0. The maximum atomic E-state index is 11.1. The molecular weight excluding hydrogens is 186 g/mol. The molecule has 0 aliphatic heterocycles. The Morgan fingerprint density at radius 1 is 1.57 bits per heavy atom. The highest BCUT2D eigenvalue weighted by molar-refractivity contribution is 5.98. The van der Waals surface area contributed by atoms with Crippen molar-refractivity contribution in [3.8, 4) is 0 Å². The first-order valence-corrected chi connectivity index (χ1v) is 3.96. The Morgan fingerprint density at radius 2 is 2.21 bits per heavy atom. The number of aliphatic hydroxyl groups is 1. The molecule has 74 valence electrons. The van der Waals surface area contributed by atoms with Crippen LogP contribution in [0.25, 0.3) is 0 Å². The van der Waals surface area contributed by atoms with Crippen molar-refractivity contribution in [1.82, 2.24) is 0 Å². The largest absolute Gasteiger partial charge is 0.391 e. The van der Waals surface area contributed by atoms with Crippen molar-refractivity contribution in [2.45, 2.75) is 13.5 Å². The third-order valence-corrected chi connectivity index (χ3v) is 1.85. The first kappa shape index (κ1) is 10.3. The van der Waals surface area contributed by atoms with Gasteiger partial charge in [-0.05, 0) is 19.1 Å². The van der Waals surface area contributed by atoms with E-state index in [4.69, 9.17) is 5.11 Å². The Bertz CT molecular complexity index is 386. The third kappa shape index (κ3) is 1.77. The molecule has 0 spiro atoms. The maximum Gasteiger partial charge on any atom is 0.285 e. The fourth-order valence-electron chi connectivity index (χ4n) is 1.22. The van der Waals surface area contributed by atoms with E-state index in [0.29, 0.717) is 0 Å². The molecule has 0 aliphatic carbocycles. The molecule has 0 fully saturated rings. The second-order valence-electron chi connectivity index (χ2n) is 2.78. The van der Waals surface area contributed by atoms with E-state index >= 15 is 0 Å². The highest BCUT2D eigenvalue weighted by Crippen LogP contribution is 2.24. The molecule has 0 bridgehead atoms. The zero-order valence-electron chi connectivity index (χ0n) is 7.56. The molecule has 5 heteroatoms. The zero-order chi connectivity index (χ0) is 10.7. The smallest absolute Gasteiger partial charge is 0.285 e. The van der Waals surface area contributed by atoms with Crippen LogP contribution in [0.1, 0.15) is 22.8 Å². The second-order valence-corrected chi connectivity index (χ2v) is 2.78. The van der Waals surface area contributed by atoms with Crippen molar-refractivity contribution in [2.75, 3.05) is 0 Å². The molecule has 0 aliphatic rings. The van der Waals surface area contributed by atoms with Gasteiger partial charge in [-0.3, -0.25) is 14.9 Å². The van der Waals surface area contributed by atoms with Gasteiger partial charge in [0.2, 0.25) is 0 Å². The summed E-state index contributed by atoms with van der Waals surface area (Å²) < 4.78 is 0. The molecule has 0 unspecified atom stereocenters. The molecule has 0 atom stereocenters. The number of nitrogens with zero attached hydrogens (tertiary/aromatic N) is 1. The Balaban J connectivity index is 3.43. The summed E-state index contributed by atoms with van der Waals surface area (Å²) in [5.41, 5.74) is -0.119. The topological polar surface area (TPSA) is 80.4 Å². The second kappa shape index (κ2) is 3.97. The van der Waals surface area contributed by atoms with Gasteiger partial charge < -0.3 is 5.11 Å². The van der Waals surface area contributed by atoms with Gasteiger partial charge in [-0.25, -0.2) is 0 Å². The van der Waals surface area contributed by atoms with Gasteiger partial charge in [0, 0.05) is 0 Å². The molecule has 0 saturated heterocycles. The van der Waals surface area contributed by atoms with E-state index < -0.39 is 11.5 Å². The lowest BCUT2D eigenvalue weighted by Gasteiger charge is -2.02. The lowest BCUT2D eigenvalue weighted by Crippen LogP contribution is -2.03. The van der Waals surface area contributed by atoms with Crippen LogP contribution in [0, 0.1) is 10.1 Å². The van der Waals surface area contributed by atoms with Crippen molar-refractivity contribution in [3.05, 3.63) is 39.4 Å². The van der Waals surface area contributed by atoms with E-state index in [1.165, 1.54) is 25.1 Å². The Kier molecular flexibility index (Phi) is 2.93. The van der Waals surface area contributed by atoms with Gasteiger partial charge in [-0.1, -0.05) is 6.07 Å². The Morgan fingerprint density at radius 3 is 2.64 bits per heavy atom. The van der Waals surface area contributed by atoms with Gasteiger partial charge in [0.25, 0.3) is 5.69 Å². The average Bonchev–Trinajstić information content (AvgIpc) is 2.16. The number of benzene rings is 1. The monoisotopic (exact) mass is 195 g/mol. The number of hydrogen-bond donors (Lipinski definition) is 1. The summed E-state index contributed by atoms with van der Waals surface area (Å²) >= 11 is 0. The predicted octanol–water partition coefficient (Wildman–Crippen LogP) is 1.29.